The van der Waals surface area contributed by atoms with Crippen molar-refractivity contribution in [3.8, 4) is 0 Å². The Balaban J connectivity index is 2.14. The van der Waals surface area contributed by atoms with Crippen LogP contribution in [0, 0.1) is 0 Å². The van der Waals surface area contributed by atoms with Crippen molar-refractivity contribution in [1.82, 2.24) is 0 Å². The molecule has 2 rings (SSSR count). The molecule has 2 aromatic rings. The largest absolute Gasteiger partial charge is 0.399 e. The molecule has 0 radical (unpaired) electrons. The Hall–Kier alpha value is -2.33. The summed E-state index contributed by atoms with van der Waals surface area (Å²) in [6.07, 6.45) is -0.636. The Morgan fingerprint density at radius 2 is 1.89 bits per heavy atom. The number of carbonyl (C=O) groups is 1. The van der Waals surface area contributed by atoms with Gasteiger partial charge in [0.25, 0.3) is 5.91 Å². The van der Waals surface area contributed by atoms with E-state index in [1.807, 2.05) is 30.3 Å². The maximum atomic E-state index is 12.2. The summed E-state index contributed by atoms with van der Waals surface area (Å²) in [4.78, 5) is 12.2. The van der Waals surface area contributed by atoms with Gasteiger partial charge in [0.15, 0.2) is 6.10 Å². The molecule has 1 amide bonds. The van der Waals surface area contributed by atoms with Crippen molar-refractivity contribution in [2.75, 3.05) is 18.2 Å². The molecule has 0 spiro atoms. The van der Waals surface area contributed by atoms with Crippen molar-refractivity contribution < 1.29 is 9.53 Å². The van der Waals surface area contributed by atoms with Crippen molar-refractivity contribution in [3.05, 3.63) is 60.2 Å². The molecule has 4 heteroatoms. The number of amides is 1. The van der Waals surface area contributed by atoms with Crippen LogP contribution in [0.1, 0.15) is 11.7 Å². The number of hydrogen-bond donors (Lipinski definition) is 2. The van der Waals surface area contributed by atoms with Crippen LogP contribution in [0.25, 0.3) is 0 Å². The van der Waals surface area contributed by atoms with E-state index in [1.165, 1.54) is 7.11 Å². The van der Waals surface area contributed by atoms with Crippen LogP contribution in [0.2, 0.25) is 0 Å². The minimum Gasteiger partial charge on any atom is -0.399 e. The minimum atomic E-state index is -0.636. The first-order valence-electron chi connectivity index (χ1n) is 5.95. The highest BCUT2D eigenvalue weighted by Crippen LogP contribution is 2.19. The lowest BCUT2D eigenvalue weighted by molar-refractivity contribution is -0.126. The number of methoxy groups -OCH3 is 1. The van der Waals surface area contributed by atoms with Gasteiger partial charge in [-0.25, -0.2) is 0 Å². The Morgan fingerprint density at radius 3 is 2.53 bits per heavy atom. The number of ether oxygens (including phenoxy) is 1. The number of rotatable bonds is 4. The van der Waals surface area contributed by atoms with Crippen LogP contribution in [0.3, 0.4) is 0 Å². The van der Waals surface area contributed by atoms with Crippen LogP contribution >= 0.6 is 0 Å². The fourth-order valence-electron chi connectivity index (χ4n) is 1.85. The zero-order chi connectivity index (χ0) is 13.7. The molecule has 19 heavy (non-hydrogen) atoms. The Morgan fingerprint density at radius 1 is 1.16 bits per heavy atom. The van der Waals surface area contributed by atoms with E-state index in [1.54, 1.807) is 24.3 Å². The number of nitrogens with two attached hydrogens (primary N) is 1. The predicted octanol–water partition coefficient (Wildman–Crippen LogP) is 2.60. The molecule has 4 nitrogen and oxygen atoms in total. The summed E-state index contributed by atoms with van der Waals surface area (Å²) in [5.74, 6) is -0.223. The van der Waals surface area contributed by atoms with Crippen molar-refractivity contribution in [2.45, 2.75) is 6.10 Å². The molecular weight excluding hydrogens is 240 g/mol. The van der Waals surface area contributed by atoms with Gasteiger partial charge in [0.1, 0.15) is 0 Å². The number of hydrogen-bond acceptors (Lipinski definition) is 3. The number of anilines is 2. The van der Waals surface area contributed by atoms with E-state index in [4.69, 9.17) is 10.5 Å². The highest BCUT2D eigenvalue weighted by Gasteiger charge is 2.19. The molecule has 0 aromatic heterocycles. The second kappa shape index (κ2) is 6.02. The highest BCUT2D eigenvalue weighted by molar-refractivity contribution is 5.95. The third-order valence-corrected chi connectivity index (χ3v) is 2.73. The first kappa shape index (κ1) is 13.1. The van der Waals surface area contributed by atoms with Crippen LogP contribution in [0.15, 0.2) is 54.6 Å². The molecule has 0 aliphatic heterocycles. The second-order valence-electron chi connectivity index (χ2n) is 4.14. The van der Waals surface area contributed by atoms with Crippen LogP contribution in [0.4, 0.5) is 11.4 Å². The first-order valence-corrected chi connectivity index (χ1v) is 5.95. The number of nitrogens with one attached hydrogen (secondary N) is 1. The Kier molecular flexibility index (Phi) is 4.15. The van der Waals surface area contributed by atoms with Crippen LogP contribution in [-0.2, 0) is 9.53 Å². The third-order valence-electron chi connectivity index (χ3n) is 2.73. The lowest BCUT2D eigenvalue weighted by atomic mass is 10.1. The van der Waals surface area contributed by atoms with Crippen molar-refractivity contribution >= 4 is 17.3 Å². The second-order valence-corrected chi connectivity index (χ2v) is 4.14. The fourth-order valence-corrected chi connectivity index (χ4v) is 1.85. The predicted molar refractivity (Wildman–Crippen MR) is 75.7 cm³/mol. The average molecular weight is 256 g/mol. The first-order chi connectivity index (χ1) is 9.20. The maximum absolute atomic E-state index is 12.2. The lowest BCUT2D eigenvalue weighted by Gasteiger charge is -2.15. The zero-order valence-electron chi connectivity index (χ0n) is 10.7. The quantitative estimate of drug-likeness (QED) is 0.826. The molecule has 1 unspecified atom stereocenters. The molecule has 0 saturated heterocycles. The van der Waals surface area contributed by atoms with E-state index in [0.717, 1.165) is 5.56 Å². The molecule has 2 aromatic carbocycles. The van der Waals surface area contributed by atoms with Crippen molar-refractivity contribution in [2.24, 2.45) is 0 Å². The van der Waals surface area contributed by atoms with Gasteiger partial charge in [-0.1, -0.05) is 36.4 Å². The number of benzene rings is 2. The molecule has 0 heterocycles. The van der Waals surface area contributed by atoms with E-state index in [-0.39, 0.29) is 5.91 Å². The number of nitrogen functional groups attached to an aromatic ring is 1. The maximum Gasteiger partial charge on any atom is 0.258 e. The Labute approximate surface area is 112 Å². The topological polar surface area (TPSA) is 64.3 Å². The minimum absolute atomic E-state index is 0.223. The average Bonchev–Trinajstić information content (AvgIpc) is 2.41. The van der Waals surface area contributed by atoms with Crippen LogP contribution < -0.4 is 11.1 Å². The summed E-state index contributed by atoms with van der Waals surface area (Å²) in [5.41, 5.74) is 7.74. The fraction of sp³-hybridized carbons (Fsp3) is 0.133. The summed E-state index contributed by atoms with van der Waals surface area (Å²) >= 11 is 0. The van der Waals surface area contributed by atoms with Gasteiger partial charge < -0.3 is 15.8 Å². The van der Waals surface area contributed by atoms with Gasteiger partial charge in [0.2, 0.25) is 0 Å². The van der Waals surface area contributed by atoms with E-state index < -0.39 is 6.10 Å². The summed E-state index contributed by atoms with van der Waals surface area (Å²) < 4.78 is 5.26. The third kappa shape index (κ3) is 3.33. The zero-order valence-corrected chi connectivity index (χ0v) is 10.7. The molecular formula is C15H16N2O2. The van der Waals surface area contributed by atoms with Gasteiger partial charge >= 0.3 is 0 Å². The molecule has 3 N–H and O–H groups in total. The highest BCUT2D eigenvalue weighted by atomic mass is 16.5. The van der Waals surface area contributed by atoms with Crippen molar-refractivity contribution in [1.29, 1.82) is 0 Å². The van der Waals surface area contributed by atoms with Crippen molar-refractivity contribution in [3.63, 3.8) is 0 Å². The summed E-state index contributed by atoms with van der Waals surface area (Å²) in [6.45, 7) is 0. The monoisotopic (exact) mass is 256 g/mol. The summed E-state index contributed by atoms with van der Waals surface area (Å²) in [6, 6.07) is 16.4. The van der Waals surface area contributed by atoms with Gasteiger partial charge in [0, 0.05) is 18.5 Å². The summed E-state index contributed by atoms with van der Waals surface area (Å²) in [7, 11) is 1.51. The molecule has 0 fully saturated rings. The van der Waals surface area contributed by atoms with E-state index in [9.17, 15) is 4.79 Å². The van der Waals surface area contributed by atoms with E-state index in [2.05, 4.69) is 5.32 Å². The molecule has 0 bridgehead atoms. The summed E-state index contributed by atoms with van der Waals surface area (Å²) in [5, 5.41) is 2.79. The van der Waals surface area contributed by atoms with Gasteiger partial charge in [-0.15, -0.1) is 0 Å². The molecule has 0 aliphatic carbocycles. The van der Waals surface area contributed by atoms with Gasteiger partial charge in [-0.05, 0) is 23.8 Å². The standard InChI is InChI=1S/C15H16N2O2/c1-19-14(11-6-3-2-4-7-11)15(18)17-13-9-5-8-12(16)10-13/h2-10,14H,16H2,1H3,(H,17,18). The number of carbonyl (C=O) groups excluding carboxylic acids is 1. The van der Waals surface area contributed by atoms with Gasteiger partial charge in [0.05, 0.1) is 0 Å². The van der Waals surface area contributed by atoms with Gasteiger partial charge in [-0.3, -0.25) is 4.79 Å². The van der Waals surface area contributed by atoms with Crippen LogP contribution in [-0.4, -0.2) is 13.0 Å². The molecule has 0 saturated carbocycles. The molecule has 98 valence electrons. The van der Waals surface area contributed by atoms with E-state index in [0.29, 0.717) is 11.4 Å². The normalized spacial score (nSPS) is 11.8. The lowest BCUT2D eigenvalue weighted by Crippen LogP contribution is -2.22. The van der Waals surface area contributed by atoms with Gasteiger partial charge in [-0.2, -0.15) is 0 Å². The molecule has 1 atom stereocenters. The smallest absolute Gasteiger partial charge is 0.258 e. The SMILES string of the molecule is COC(C(=O)Nc1cccc(N)c1)c1ccccc1. The van der Waals surface area contributed by atoms with Crippen LogP contribution in [0.5, 0.6) is 0 Å². The molecule has 0 aliphatic rings. The Bertz CT molecular complexity index is 555. The van der Waals surface area contributed by atoms with E-state index >= 15 is 0 Å².